The third-order valence-corrected chi connectivity index (χ3v) is 5.24. The van der Waals surface area contributed by atoms with Crippen molar-refractivity contribution in [2.75, 3.05) is 16.8 Å². The van der Waals surface area contributed by atoms with Crippen LogP contribution in [-0.4, -0.2) is 18.4 Å². The van der Waals surface area contributed by atoms with Crippen molar-refractivity contribution in [3.05, 3.63) is 58.1 Å². The second-order valence-electron chi connectivity index (χ2n) is 6.81. The van der Waals surface area contributed by atoms with Crippen molar-refractivity contribution < 1.29 is 22.8 Å². The van der Waals surface area contributed by atoms with E-state index in [4.69, 9.17) is 11.6 Å². The summed E-state index contributed by atoms with van der Waals surface area (Å²) in [4.78, 5) is 26.5. The van der Waals surface area contributed by atoms with Crippen LogP contribution < -0.4 is 10.2 Å². The van der Waals surface area contributed by atoms with Crippen molar-refractivity contribution in [1.82, 2.24) is 0 Å². The quantitative estimate of drug-likeness (QED) is 0.776. The van der Waals surface area contributed by atoms with Gasteiger partial charge in [0.05, 0.1) is 22.2 Å². The highest BCUT2D eigenvalue weighted by Gasteiger charge is 2.36. The maximum atomic E-state index is 12.9. The van der Waals surface area contributed by atoms with Gasteiger partial charge >= 0.3 is 6.18 Å². The number of nitrogens with zero attached hydrogens (tertiary/aromatic N) is 1. The van der Waals surface area contributed by atoms with Crippen LogP contribution in [-0.2, 0) is 15.8 Å². The highest BCUT2D eigenvalue weighted by atomic mass is 35.5. The van der Waals surface area contributed by atoms with Crippen molar-refractivity contribution in [2.24, 2.45) is 5.92 Å². The van der Waals surface area contributed by atoms with E-state index in [1.54, 1.807) is 4.90 Å². The highest BCUT2D eigenvalue weighted by Crippen LogP contribution is 2.35. The van der Waals surface area contributed by atoms with Gasteiger partial charge in [-0.3, -0.25) is 9.59 Å². The molecule has 0 aromatic heterocycles. The first-order valence-corrected chi connectivity index (χ1v) is 9.00. The minimum Gasteiger partial charge on any atom is -0.324 e. The zero-order chi connectivity index (χ0) is 20.6. The summed E-state index contributed by atoms with van der Waals surface area (Å²) in [5, 5.41) is 2.43. The molecule has 1 heterocycles. The van der Waals surface area contributed by atoms with E-state index in [1.165, 1.54) is 0 Å². The third-order valence-electron chi connectivity index (χ3n) is 4.91. The van der Waals surface area contributed by atoms with Gasteiger partial charge in [-0.2, -0.15) is 13.2 Å². The van der Waals surface area contributed by atoms with Crippen molar-refractivity contribution in [2.45, 2.75) is 26.4 Å². The zero-order valence-corrected chi connectivity index (χ0v) is 16.0. The molecular weight excluding hydrogens is 393 g/mol. The molecule has 1 aliphatic rings. The molecule has 3 rings (SSSR count). The van der Waals surface area contributed by atoms with Gasteiger partial charge in [0.2, 0.25) is 11.8 Å². The van der Waals surface area contributed by atoms with Gasteiger partial charge in [-0.1, -0.05) is 23.7 Å². The molecule has 148 valence electrons. The molecule has 8 heteroatoms. The van der Waals surface area contributed by atoms with Gasteiger partial charge in [-0.15, -0.1) is 0 Å². The third kappa shape index (κ3) is 3.99. The fourth-order valence-electron chi connectivity index (χ4n) is 3.18. The summed E-state index contributed by atoms with van der Waals surface area (Å²) in [6, 6.07) is 8.30. The number of hydrogen-bond donors (Lipinski definition) is 1. The van der Waals surface area contributed by atoms with E-state index in [-0.39, 0.29) is 29.6 Å². The molecule has 0 spiro atoms. The van der Waals surface area contributed by atoms with Crippen LogP contribution in [0.25, 0.3) is 0 Å². The standard InChI is InChI=1S/C20H18ClF3N2O2/c1-11-4-3-5-17(12(11)2)26-10-13(8-18(26)27)19(28)25-16-9-14(20(22,23)24)6-7-15(16)21/h3-7,9,13H,8,10H2,1-2H3,(H,25,28)/t13-/m1/s1. The lowest BCUT2D eigenvalue weighted by Gasteiger charge is -2.20. The molecule has 2 amide bonds. The van der Waals surface area contributed by atoms with E-state index < -0.39 is 23.6 Å². The Morgan fingerprint density at radius 1 is 1.21 bits per heavy atom. The number of anilines is 2. The van der Waals surface area contributed by atoms with Crippen molar-refractivity contribution in [3.63, 3.8) is 0 Å². The average molecular weight is 411 g/mol. The minimum atomic E-state index is -4.55. The Kier molecular flexibility index (Phi) is 5.39. The number of hydrogen-bond acceptors (Lipinski definition) is 2. The van der Waals surface area contributed by atoms with Crippen LogP contribution in [0.5, 0.6) is 0 Å². The van der Waals surface area contributed by atoms with Crippen molar-refractivity contribution in [3.8, 4) is 0 Å². The number of nitrogens with one attached hydrogen (secondary N) is 1. The second-order valence-corrected chi connectivity index (χ2v) is 7.21. The van der Waals surface area contributed by atoms with Gasteiger partial charge in [-0.05, 0) is 49.2 Å². The summed E-state index contributed by atoms with van der Waals surface area (Å²) in [6.07, 6.45) is -4.57. The van der Waals surface area contributed by atoms with Crippen LogP contribution in [0.2, 0.25) is 5.02 Å². The van der Waals surface area contributed by atoms with E-state index in [1.807, 2.05) is 32.0 Å². The lowest BCUT2D eigenvalue weighted by molar-refractivity contribution is -0.137. The number of carbonyl (C=O) groups excluding carboxylic acids is 2. The summed E-state index contributed by atoms with van der Waals surface area (Å²) in [5.41, 5.74) is 1.66. The fraction of sp³-hybridized carbons (Fsp3) is 0.300. The molecule has 2 aromatic rings. The number of aryl methyl sites for hydroxylation is 1. The summed E-state index contributed by atoms with van der Waals surface area (Å²) in [7, 11) is 0. The number of alkyl halides is 3. The molecule has 0 saturated carbocycles. The first-order valence-electron chi connectivity index (χ1n) is 8.62. The first kappa shape index (κ1) is 20.2. The van der Waals surface area contributed by atoms with Crippen LogP contribution in [0.15, 0.2) is 36.4 Å². The SMILES string of the molecule is Cc1cccc(N2C[C@H](C(=O)Nc3cc(C(F)(F)F)ccc3Cl)CC2=O)c1C. The summed E-state index contributed by atoms with van der Waals surface area (Å²) >= 11 is 5.93. The van der Waals surface area contributed by atoms with Gasteiger partial charge in [-0.25, -0.2) is 0 Å². The molecule has 0 bridgehead atoms. The number of carbonyl (C=O) groups is 2. The summed E-state index contributed by atoms with van der Waals surface area (Å²) < 4.78 is 38.7. The normalized spacial score (nSPS) is 17.1. The molecule has 1 atom stereocenters. The lowest BCUT2D eigenvalue weighted by atomic mass is 10.1. The molecular formula is C20H18ClF3N2O2. The molecule has 0 unspecified atom stereocenters. The molecule has 4 nitrogen and oxygen atoms in total. The molecule has 1 aliphatic heterocycles. The Bertz CT molecular complexity index is 944. The summed E-state index contributed by atoms with van der Waals surface area (Å²) in [6.45, 7) is 3.98. The smallest absolute Gasteiger partial charge is 0.324 e. The van der Waals surface area contributed by atoms with Crippen LogP contribution >= 0.6 is 11.6 Å². The van der Waals surface area contributed by atoms with E-state index in [9.17, 15) is 22.8 Å². The average Bonchev–Trinajstić information content (AvgIpc) is 3.00. The molecule has 28 heavy (non-hydrogen) atoms. The first-order chi connectivity index (χ1) is 13.1. The molecule has 2 aromatic carbocycles. The van der Waals surface area contributed by atoms with E-state index in [0.29, 0.717) is 0 Å². The number of benzene rings is 2. The maximum Gasteiger partial charge on any atom is 0.416 e. The predicted molar refractivity (Wildman–Crippen MR) is 101 cm³/mol. The van der Waals surface area contributed by atoms with Gasteiger partial charge in [0, 0.05) is 18.7 Å². The van der Waals surface area contributed by atoms with Gasteiger partial charge in [0.15, 0.2) is 0 Å². The topological polar surface area (TPSA) is 49.4 Å². The Hall–Kier alpha value is -2.54. The molecule has 1 saturated heterocycles. The van der Waals surface area contributed by atoms with Crippen LogP contribution in [0.3, 0.4) is 0 Å². The molecule has 1 fully saturated rings. The largest absolute Gasteiger partial charge is 0.416 e. The monoisotopic (exact) mass is 410 g/mol. The van der Waals surface area contributed by atoms with Gasteiger partial charge < -0.3 is 10.2 Å². The Morgan fingerprint density at radius 2 is 1.93 bits per heavy atom. The van der Waals surface area contributed by atoms with E-state index >= 15 is 0 Å². The minimum absolute atomic E-state index is 0.00272. The zero-order valence-electron chi connectivity index (χ0n) is 15.2. The summed E-state index contributed by atoms with van der Waals surface area (Å²) in [5.74, 6) is -1.43. The Labute approximate surface area is 165 Å². The number of amides is 2. The number of halogens is 4. The van der Waals surface area contributed by atoms with Crippen LogP contribution in [0.1, 0.15) is 23.1 Å². The Morgan fingerprint density at radius 3 is 2.61 bits per heavy atom. The molecule has 1 N–H and O–H groups in total. The van der Waals surface area contributed by atoms with Crippen LogP contribution in [0.4, 0.5) is 24.5 Å². The molecule has 0 radical (unpaired) electrons. The predicted octanol–water partition coefficient (Wildman–Crippen LogP) is 4.97. The second kappa shape index (κ2) is 7.47. The van der Waals surface area contributed by atoms with Crippen LogP contribution in [0, 0.1) is 19.8 Å². The van der Waals surface area contributed by atoms with Gasteiger partial charge in [0.25, 0.3) is 0 Å². The lowest BCUT2D eigenvalue weighted by Crippen LogP contribution is -2.28. The van der Waals surface area contributed by atoms with E-state index in [2.05, 4.69) is 5.32 Å². The Balaban J connectivity index is 1.78. The molecule has 0 aliphatic carbocycles. The maximum absolute atomic E-state index is 12.9. The van der Waals surface area contributed by atoms with Crippen molar-refractivity contribution >= 4 is 34.8 Å². The van der Waals surface area contributed by atoms with Crippen molar-refractivity contribution in [1.29, 1.82) is 0 Å². The number of rotatable bonds is 3. The highest BCUT2D eigenvalue weighted by molar-refractivity contribution is 6.33. The van der Waals surface area contributed by atoms with E-state index in [0.717, 1.165) is 35.0 Å². The fourth-order valence-corrected chi connectivity index (χ4v) is 3.34. The van der Waals surface area contributed by atoms with Gasteiger partial charge in [0.1, 0.15) is 0 Å².